The van der Waals surface area contributed by atoms with E-state index < -0.39 is 0 Å². The molecule has 0 spiro atoms. The summed E-state index contributed by atoms with van der Waals surface area (Å²) in [4.78, 5) is 30.5. The quantitative estimate of drug-likeness (QED) is 0.846. The predicted molar refractivity (Wildman–Crippen MR) is 96.5 cm³/mol. The highest BCUT2D eigenvalue weighted by atomic mass is 19.1. The Bertz CT molecular complexity index is 717. The van der Waals surface area contributed by atoms with Gasteiger partial charge < -0.3 is 15.1 Å². The molecule has 1 unspecified atom stereocenters. The summed E-state index contributed by atoms with van der Waals surface area (Å²) < 4.78 is 13.3. The van der Waals surface area contributed by atoms with Crippen LogP contribution in [0.1, 0.15) is 18.4 Å². The molecule has 140 valence electrons. The van der Waals surface area contributed by atoms with Crippen LogP contribution in [0.2, 0.25) is 0 Å². The molecule has 2 amide bonds. The number of nitrogens with zero attached hydrogens (tertiary/aromatic N) is 3. The van der Waals surface area contributed by atoms with Gasteiger partial charge in [0.25, 0.3) is 0 Å². The molecule has 0 saturated carbocycles. The third-order valence-electron chi connectivity index (χ3n) is 5.93. The van der Waals surface area contributed by atoms with Gasteiger partial charge in [-0.05, 0) is 43.5 Å². The molecule has 1 aromatic carbocycles. The summed E-state index contributed by atoms with van der Waals surface area (Å²) in [5.74, 6) is -0.205. The Kier molecular flexibility index (Phi) is 4.56. The first-order valence-electron chi connectivity index (χ1n) is 9.35. The molecule has 0 aromatic heterocycles. The van der Waals surface area contributed by atoms with E-state index in [1.54, 1.807) is 11.0 Å². The SMILES string of the molecule is Cc1cc(F)ccc1N1CCC(N2CCN3C(=O)CNC(=O)C3C2)CC1. The molecule has 1 atom stereocenters. The molecule has 0 aliphatic carbocycles. The van der Waals surface area contributed by atoms with Gasteiger partial charge in [-0.2, -0.15) is 0 Å². The second-order valence-electron chi connectivity index (χ2n) is 7.46. The zero-order chi connectivity index (χ0) is 18.3. The van der Waals surface area contributed by atoms with Crippen molar-refractivity contribution in [1.29, 1.82) is 0 Å². The number of nitrogens with one attached hydrogen (secondary N) is 1. The lowest BCUT2D eigenvalue weighted by molar-refractivity contribution is -0.149. The number of aryl methyl sites for hydroxylation is 1. The molecule has 3 aliphatic heterocycles. The van der Waals surface area contributed by atoms with Crippen molar-refractivity contribution in [2.45, 2.75) is 31.8 Å². The van der Waals surface area contributed by atoms with Gasteiger partial charge in [0, 0.05) is 44.5 Å². The Morgan fingerprint density at radius 1 is 1.12 bits per heavy atom. The van der Waals surface area contributed by atoms with E-state index in [4.69, 9.17) is 0 Å². The predicted octanol–water partition coefficient (Wildman–Crippen LogP) is 0.746. The number of rotatable bonds is 2. The van der Waals surface area contributed by atoms with Gasteiger partial charge >= 0.3 is 0 Å². The number of benzene rings is 1. The van der Waals surface area contributed by atoms with E-state index in [2.05, 4.69) is 15.1 Å². The number of carbonyl (C=O) groups excluding carboxylic acids is 2. The summed E-state index contributed by atoms with van der Waals surface area (Å²) in [5, 5.41) is 2.70. The van der Waals surface area contributed by atoms with Crippen LogP contribution in [-0.2, 0) is 9.59 Å². The second kappa shape index (κ2) is 6.87. The number of piperidine rings is 1. The molecule has 1 aromatic rings. The average molecular weight is 360 g/mol. The van der Waals surface area contributed by atoms with Gasteiger partial charge in [0.05, 0.1) is 6.54 Å². The first-order chi connectivity index (χ1) is 12.5. The largest absolute Gasteiger partial charge is 0.371 e. The lowest BCUT2D eigenvalue weighted by atomic mass is 9.98. The molecule has 3 aliphatic rings. The number of fused-ring (bicyclic) bond motifs is 1. The average Bonchev–Trinajstić information content (AvgIpc) is 2.65. The van der Waals surface area contributed by atoms with Crippen molar-refractivity contribution < 1.29 is 14.0 Å². The van der Waals surface area contributed by atoms with Crippen molar-refractivity contribution in [1.82, 2.24) is 15.1 Å². The van der Waals surface area contributed by atoms with Crippen molar-refractivity contribution >= 4 is 17.5 Å². The minimum absolute atomic E-state index is 0.0239. The topological polar surface area (TPSA) is 55.9 Å². The summed E-state index contributed by atoms with van der Waals surface area (Å²) >= 11 is 0. The zero-order valence-electron chi connectivity index (χ0n) is 15.1. The van der Waals surface area contributed by atoms with Gasteiger partial charge in [-0.1, -0.05) is 0 Å². The number of halogens is 1. The van der Waals surface area contributed by atoms with Crippen LogP contribution in [0.4, 0.5) is 10.1 Å². The maximum Gasteiger partial charge on any atom is 0.244 e. The fourth-order valence-electron chi connectivity index (χ4n) is 4.49. The van der Waals surface area contributed by atoms with Crippen molar-refractivity contribution in [3.05, 3.63) is 29.6 Å². The van der Waals surface area contributed by atoms with E-state index in [0.29, 0.717) is 19.1 Å². The monoisotopic (exact) mass is 360 g/mol. The Morgan fingerprint density at radius 3 is 2.62 bits per heavy atom. The third-order valence-corrected chi connectivity index (χ3v) is 5.93. The van der Waals surface area contributed by atoms with Crippen molar-refractivity contribution in [2.75, 3.05) is 44.2 Å². The van der Waals surface area contributed by atoms with Crippen LogP contribution in [0.15, 0.2) is 18.2 Å². The maximum atomic E-state index is 13.3. The second-order valence-corrected chi connectivity index (χ2v) is 7.46. The standard InChI is InChI=1S/C19H25FN4O2/c1-13-10-14(20)2-3-16(13)22-6-4-15(5-7-22)23-8-9-24-17(12-23)19(26)21-11-18(24)25/h2-3,10,15,17H,4-9,11-12H2,1H3,(H,21,26). The highest BCUT2D eigenvalue weighted by molar-refractivity contribution is 5.95. The molecule has 3 saturated heterocycles. The van der Waals surface area contributed by atoms with E-state index in [0.717, 1.165) is 43.7 Å². The fourth-order valence-corrected chi connectivity index (χ4v) is 4.49. The first-order valence-corrected chi connectivity index (χ1v) is 9.35. The molecular formula is C19H25FN4O2. The minimum Gasteiger partial charge on any atom is -0.371 e. The lowest BCUT2D eigenvalue weighted by Crippen LogP contribution is -2.67. The van der Waals surface area contributed by atoms with Crippen molar-refractivity contribution in [3.8, 4) is 0 Å². The van der Waals surface area contributed by atoms with E-state index in [1.807, 2.05) is 13.0 Å². The van der Waals surface area contributed by atoms with Crippen LogP contribution in [0.25, 0.3) is 0 Å². The molecule has 1 N–H and O–H groups in total. The van der Waals surface area contributed by atoms with Crippen LogP contribution in [-0.4, -0.2) is 73.0 Å². The van der Waals surface area contributed by atoms with Crippen molar-refractivity contribution in [3.63, 3.8) is 0 Å². The van der Waals surface area contributed by atoms with Gasteiger partial charge in [0.15, 0.2) is 0 Å². The van der Waals surface area contributed by atoms with Gasteiger partial charge in [0.2, 0.25) is 11.8 Å². The third kappa shape index (κ3) is 3.16. The Morgan fingerprint density at radius 2 is 1.88 bits per heavy atom. The minimum atomic E-state index is -0.345. The first kappa shape index (κ1) is 17.3. The van der Waals surface area contributed by atoms with Crippen LogP contribution >= 0.6 is 0 Å². The number of carbonyl (C=O) groups is 2. The van der Waals surface area contributed by atoms with E-state index in [1.165, 1.54) is 6.07 Å². The van der Waals surface area contributed by atoms with Crippen molar-refractivity contribution in [2.24, 2.45) is 0 Å². The molecule has 6 nitrogen and oxygen atoms in total. The number of hydrogen-bond acceptors (Lipinski definition) is 4. The molecule has 3 fully saturated rings. The summed E-state index contributed by atoms with van der Waals surface area (Å²) in [5.41, 5.74) is 2.07. The number of anilines is 1. The summed E-state index contributed by atoms with van der Waals surface area (Å²) in [6.07, 6.45) is 2.03. The summed E-state index contributed by atoms with van der Waals surface area (Å²) in [6, 6.07) is 5.05. The molecule has 7 heteroatoms. The van der Waals surface area contributed by atoms with E-state index in [-0.39, 0.29) is 30.2 Å². The van der Waals surface area contributed by atoms with E-state index in [9.17, 15) is 14.0 Å². The summed E-state index contributed by atoms with van der Waals surface area (Å²) in [7, 11) is 0. The van der Waals surface area contributed by atoms with Gasteiger partial charge in [-0.15, -0.1) is 0 Å². The maximum absolute atomic E-state index is 13.3. The Balaban J connectivity index is 1.38. The van der Waals surface area contributed by atoms with Gasteiger partial charge in [0.1, 0.15) is 11.9 Å². The number of amides is 2. The molecule has 0 radical (unpaired) electrons. The Labute approximate surface area is 152 Å². The fraction of sp³-hybridized carbons (Fsp3) is 0.579. The molecule has 0 bridgehead atoms. The van der Waals surface area contributed by atoms with Crippen LogP contribution in [0.3, 0.4) is 0 Å². The highest BCUT2D eigenvalue weighted by Crippen LogP contribution is 2.27. The number of hydrogen-bond donors (Lipinski definition) is 1. The highest BCUT2D eigenvalue weighted by Gasteiger charge is 2.40. The molecular weight excluding hydrogens is 335 g/mol. The van der Waals surface area contributed by atoms with Crippen LogP contribution < -0.4 is 10.2 Å². The van der Waals surface area contributed by atoms with Gasteiger partial charge in [-0.3, -0.25) is 14.5 Å². The zero-order valence-corrected chi connectivity index (χ0v) is 15.1. The van der Waals surface area contributed by atoms with Crippen LogP contribution in [0.5, 0.6) is 0 Å². The molecule has 3 heterocycles. The lowest BCUT2D eigenvalue weighted by Gasteiger charge is -2.47. The Hall–Kier alpha value is -2.15. The normalized spacial score (nSPS) is 25.2. The van der Waals surface area contributed by atoms with Crippen LogP contribution in [0, 0.1) is 12.7 Å². The van der Waals surface area contributed by atoms with Gasteiger partial charge in [-0.25, -0.2) is 4.39 Å². The molecule has 26 heavy (non-hydrogen) atoms. The number of piperazine rings is 2. The van der Waals surface area contributed by atoms with E-state index >= 15 is 0 Å². The molecule has 4 rings (SSSR count). The summed E-state index contributed by atoms with van der Waals surface area (Å²) in [6.45, 7) is 6.01. The smallest absolute Gasteiger partial charge is 0.244 e.